The predicted octanol–water partition coefficient (Wildman–Crippen LogP) is 3.78. The van der Waals surface area contributed by atoms with Gasteiger partial charge in [-0.25, -0.2) is 0 Å². The van der Waals surface area contributed by atoms with Crippen molar-refractivity contribution in [2.45, 2.75) is 26.3 Å². The van der Waals surface area contributed by atoms with Crippen molar-refractivity contribution in [1.82, 2.24) is 10.2 Å². The molecule has 152 valence electrons. The molecule has 2 aromatic rings. The largest absolute Gasteiger partial charge is 0.497 e. The van der Waals surface area contributed by atoms with E-state index in [1.165, 1.54) is 10.6 Å². The van der Waals surface area contributed by atoms with Crippen LogP contribution in [0.4, 0.5) is 5.69 Å². The summed E-state index contributed by atoms with van der Waals surface area (Å²) in [4.78, 5) is 18.3. The Kier molecular flexibility index (Phi) is 7.34. The van der Waals surface area contributed by atoms with Crippen LogP contribution in [-0.2, 0) is 4.79 Å². The van der Waals surface area contributed by atoms with Gasteiger partial charge in [-0.1, -0.05) is 19.9 Å². The van der Waals surface area contributed by atoms with Crippen molar-refractivity contribution in [2.75, 3.05) is 44.7 Å². The summed E-state index contributed by atoms with van der Waals surface area (Å²) < 4.78 is 5.22. The molecule has 0 saturated carbocycles. The van der Waals surface area contributed by atoms with Crippen molar-refractivity contribution in [2.24, 2.45) is 5.92 Å². The third-order valence-corrected chi connectivity index (χ3v) is 6.24. The first-order chi connectivity index (χ1) is 13.6. The lowest BCUT2D eigenvalue weighted by molar-refractivity contribution is -0.131. The molecule has 3 rings (SSSR count). The van der Waals surface area contributed by atoms with Gasteiger partial charge in [-0.3, -0.25) is 4.79 Å². The Bertz CT molecular complexity index is 723. The highest BCUT2D eigenvalue weighted by atomic mass is 32.1. The van der Waals surface area contributed by atoms with Gasteiger partial charge in [-0.05, 0) is 41.6 Å². The molecule has 1 atom stereocenters. The molecule has 0 spiro atoms. The van der Waals surface area contributed by atoms with E-state index in [9.17, 15) is 4.79 Å². The molecule has 0 radical (unpaired) electrons. The van der Waals surface area contributed by atoms with E-state index in [1.807, 2.05) is 17.0 Å². The van der Waals surface area contributed by atoms with E-state index in [4.69, 9.17) is 4.74 Å². The molecule has 28 heavy (non-hydrogen) atoms. The summed E-state index contributed by atoms with van der Waals surface area (Å²) in [5.74, 6) is 1.62. The summed E-state index contributed by atoms with van der Waals surface area (Å²) in [5, 5.41) is 5.69. The summed E-state index contributed by atoms with van der Waals surface area (Å²) in [7, 11) is 1.68. The summed E-state index contributed by atoms with van der Waals surface area (Å²) in [6.07, 6.45) is 0.553. The Morgan fingerprint density at radius 2 is 1.86 bits per heavy atom. The van der Waals surface area contributed by atoms with Crippen LogP contribution in [-0.4, -0.2) is 50.6 Å². The van der Waals surface area contributed by atoms with Gasteiger partial charge >= 0.3 is 0 Å². The average Bonchev–Trinajstić information content (AvgIpc) is 3.25. The number of piperazine rings is 1. The molecule has 5 nitrogen and oxygen atoms in total. The summed E-state index contributed by atoms with van der Waals surface area (Å²) >= 11 is 1.78. The maximum absolute atomic E-state index is 12.6. The van der Waals surface area contributed by atoms with Crippen LogP contribution in [0.5, 0.6) is 5.75 Å². The molecule has 0 aliphatic carbocycles. The van der Waals surface area contributed by atoms with Gasteiger partial charge in [0, 0.05) is 55.8 Å². The number of nitrogens with zero attached hydrogens (tertiary/aromatic N) is 2. The lowest BCUT2D eigenvalue weighted by Crippen LogP contribution is -2.49. The number of anilines is 1. The molecule has 1 fully saturated rings. The van der Waals surface area contributed by atoms with E-state index in [0.29, 0.717) is 18.4 Å². The zero-order valence-corrected chi connectivity index (χ0v) is 17.9. The Hall–Kier alpha value is -2.05. The van der Waals surface area contributed by atoms with Crippen molar-refractivity contribution in [3.8, 4) is 5.75 Å². The number of amides is 1. The highest BCUT2D eigenvalue weighted by molar-refractivity contribution is 7.10. The highest BCUT2D eigenvalue weighted by Gasteiger charge is 2.22. The minimum atomic E-state index is 0.246. The van der Waals surface area contributed by atoms with E-state index in [-0.39, 0.29) is 5.91 Å². The third-order valence-electron chi connectivity index (χ3n) is 5.29. The topological polar surface area (TPSA) is 44.8 Å². The Morgan fingerprint density at radius 1 is 1.14 bits per heavy atom. The van der Waals surface area contributed by atoms with E-state index in [2.05, 4.69) is 53.7 Å². The number of rotatable bonds is 8. The number of hydrogen-bond donors (Lipinski definition) is 1. The number of methoxy groups -OCH3 is 1. The van der Waals surface area contributed by atoms with Gasteiger partial charge in [0.05, 0.1) is 7.11 Å². The molecule has 1 aromatic heterocycles. The molecule has 1 aliphatic rings. The van der Waals surface area contributed by atoms with Gasteiger partial charge in [-0.15, -0.1) is 11.3 Å². The van der Waals surface area contributed by atoms with Crippen molar-refractivity contribution >= 4 is 22.9 Å². The SMILES string of the molecule is COc1ccc(N2CCN(C(=O)CCNC(c3cccs3)C(C)C)CC2)cc1. The van der Waals surface area contributed by atoms with Gasteiger partial charge in [0.15, 0.2) is 0 Å². The summed E-state index contributed by atoms with van der Waals surface area (Å²) in [6.45, 7) is 8.46. The fourth-order valence-corrected chi connectivity index (χ4v) is 4.61. The second kappa shape index (κ2) is 9.94. The smallest absolute Gasteiger partial charge is 0.223 e. The van der Waals surface area contributed by atoms with E-state index in [1.54, 1.807) is 18.4 Å². The lowest BCUT2D eigenvalue weighted by Gasteiger charge is -2.36. The van der Waals surface area contributed by atoms with Gasteiger partial charge in [-0.2, -0.15) is 0 Å². The van der Waals surface area contributed by atoms with E-state index < -0.39 is 0 Å². The predicted molar refractivity (Wildman–Crippen MR) is 116 cm³/mol. The van der Waals surface area contributed by atoms with Gasteiger partial charge in [0.25, 0.3) is 0 Å². The average molecular weight is 402 g/mol. The van der Waals surface area contributed by atoms with Crippen molar-refractivity contribution in [3.05, 3.63) is 46.7 Å². The highest BCUT2D eigenvalue weighted by Crippen LogP contribution is 2.25. The van der Waals surface area contributed by atoms with Crippen LogP contribution in [0.1, 0.15) is 31.2 Å². The van der Waals surface area contributed by atoms with Crippen LogP contribution in [0.25, 0.3) is 0 Å². The Labute approximate surface area is 172 Å². The zero-order chi connectivity index (χ0) is 19.9. The van der Waals surface area contributed by atoms with Crippen LogP contribution in [0.3, 0.4) is 0 Å². The standard InChI is InChI=1S/C22H31N3O2S/c1-17(2)22(20-5-4-16-28-20)23-11-10-21(26)25-14-12-24(13-15-25)18-6-8-19(27-3)9-7-18/h4-9,16-17,22-23H,10-15H2,1-3H3. The maximum atomic E-state index is 12.6. The first-order valence-corrected chi connectivity index (χ1v) is 10.9. The number of carbonyl (C=O) groups is 1. The fraction of sp³-hybridized carbons (Fsp3) is 0.500. The molecule has 1 amide bonds. The number of benzene rings is 1. The second-order valence-electron chi connectivity index (χ2n) is 7.51. The van der Waals surface area contributed by atoms with Crippen molar-refractivity contribution in [3.63, 3.8) is 0 Å². The molecular formula is C22H31N3O2S. The van der Waals surface area contributed by atoms with Crippen LogP contribution >= 0.6 is 11.3 Å². The lowest BCUT2D eigenvalue weighted by atomic mass is 10.0. The Balaban J connectivity index is 1.43. The first kappa shape index (κ1) is 20.7. The molecule has 1 aromatic carbocycles. The summed E-state index contributed by atoms with van der Waals surface area (Å²) in [5.41, 5.74) is 1.19. The van der Waals surface area contributed by atoms with Crippen LogP contribution in [0, 0.1) is 5.92 Å². The zero-order valence-electron chi connectivity index (χ0n) is 17.1. The molecule has 6 heteroatoms. The van der Waals surface area contributed by atoms with Crippen LogP contribution in [0.2, 0.25) is 0 Å². The minimum absolute atomic E-state index is 0.246. The van der Waals surface area contributed by atoms with Gasteiger partial charge in [0.1, 0.15) is 5.75 Å². The normalized spacial score (nSPS) is 15.7. The third kappa shape index (κ3) is 5.26. The molecule has 2 heterocycles. The Morgan fingerprint density at radius 3 is 2.43 bits per heavy atom. The monoisotopic (exact) mass is 401 g/mol. The van der Waals surface area contributed by atoms with Crippen LogP contribution in [0.15, 0.2) is 41.8 Å². The molecule has 1 saturated heterocycles. The van der Waals surface area contributed by atoms with E-state index in [0.717, 1.165) is 38.5 Å². The van der Waals surface area contributed by atoms with Crippen molar-refractivity contribution < 1.29 is 9.53 Å². The van der Waals surface area contributed by atoms with Crippen molar-refractivity contribution in [1.29, 1.82) is 0 Å². The number of carbonyl (C=O) groups excluding carboxylic acids is 1. The molecule has 0 bridgehead atoms. The quantitative estimate of drug-likeness (QED) is 0.731. The second-order valence-corrected chi connectivity index (χ2v) is 8.49. The summed E-state index contributed by atoms with van der Waals surface area (Å²) in [6, 6.07) is 12.7. The number of ether oxygens (including phenoxy) is 1. The molecule has 1 N–H and O–H groups in total. The number of hydrogen-bond acceptors (Lipinski definition) is 5. The minimum Gasteiger partial charge on any atom is -0.497 e. The number of thiophene rings is 1. The maximum Gasteiger partial charge on any atom is 0.223 e. The number of nitrogens with one attached hydrogen (secondary N) is 1. The molecule has 1 aliphatic heterocycles. The molecule has 1 unspecified atom stereocenters. The molecular weight excluding hydrogens is 370 g/mol. The van der Waals surface area contributed by atoms with Gasteiger partial charge < -0.3 is 19.9 Å². The van der Waals surface area contributed by atoms with Crippen LogP contribution < -0.4 is 15.0 Å². The van der Waals surface area contributed by atoms with Gasteiger partial charge in [0.2, 0.25) is 5.91 Å². The van der Waals surface area contributed by atoms with E-state index >= 15 is 0 Å². The first-order valence-electron chi connectivity index (χ1n) is 10.0. The fourth-order valence-electron chi connectivity index (χ4n) is 3.63.